The molecule has 0 bridgehead atoms. The van der Waals surface area contributed by atoms with Gasteiger partial charge >= 0.3 is 0 Å². The molecule has 0 aliphatic rings. The summed E-state index contributed by atoms with van der Waals surface area (Å²) in [5.41, 5.74) is 0. The fourth-order valence-corrected chi connectivity index (χ4v) is 9.84. The summed E-state index contributed by atoms with van der Waals surface area (Å²) in [6.07, 6.45) is 71.2. The maximum Gasteiger partial charge on any atom is 0.220 e. The van der Waals surface area contributed by atoms with Crippen molar-refractivity contribution in [2.24, 2.45) is 0 Å². The number of aliphatic hydroxyl groups excluding tert-OH is 2. The molecule has 378 valence electrons. The first-order valence-corrected chi connectivity index (χ1v) is 29.7. The van der Waals surface area contributed by atoms with Gasteiger partial charge in [0.15, 0.2) is 0 Å². The quantitative estimate of drug-likeness (QED) is 0.0533. The Hall–Kier alpha value is -0.610. The molecule has 0 spiro atoms. The van der Waals surface area contributed by atoms with E-state index < -0.39 is 12.1 Å². The lowest BCUT2D eigenvalue weighted by atomic mass is 10.0. The zero-order valence-electron chi connectivity index (χ0n) is 43.6. The molecule has 0 saturated heterocycles. The average molecular weight is 891 g/mol. The first-order chi connectivity index (χ1) is 31.2. The number of unbranched alkanes of at least 4 members (excludes halogenated alkanes) is 49. The molecule has 0 heterocycles. The van der Waals surface area contributed by atoms with Crippen molar-refractivity contribution in [1.82, 2.24) is 5.32 Å². The van der Waals surface area contributed by atoms with Crippen LogP contribution in [0.4, 0.5) is 0 Å². The van der Waals surface area contributed by atoms with Gasteiger partial charge < -0.3 is 15.5 Å². The van der Waals surface area contributed by atoms with Crippen LogP contribution in [-0.4, -0.2) is 34.9 Å². The third-order valence-corrected chi connectivity index (χ3v) is 14.4. The van der Waals surface area contributed by atoms with Gasteiger partial charge in [0.25, 0.3) is 0 Å². The van der Waals surface area contributed by atoms with Crippen molar-refractivity contribution in [1.29, 1.82) is 0 Å². The van der Waals surface area contributed by atoms with Crippen LogP contribution in [0.5, 0.6) is 0 Å². The maximum atomic E-state index is 12.5. The predicted octanol–water partition coefficient (Wildman–Crippen LogP) is 19.5. The Morgan fingerprint density at radius 3 is 0.714 bits per heavy atom. The van der Waals surface area contributed by atoms with Gasteiger partial charge in [-0.1, -0.05) is 335 Å². The van der Waals surface area contributed by atoms with Gasteiger partial charge in [-0.15, -0.1) is 0 Å². The molecule has 0 aromatic carbocycles. The third-order valence-electron chi connectivity index (χ3n) is 14.4. The van der Waals surface area contributed by atoms with Crippen LogP contribution in [0.1, 0.15) is 354 Å². The monoisotopic (exact) mass is 890 g/mol. The van der Waals surface area contributed by atoms with Gasteiger partial charge in [-0.3, -0.25) is 4.79 Å². The van der Waals surface area contributed by atoms with Crippen molar-refractivity contribution in [2.45, 2.75) is 366 Å². The Morgan fingerprint density at radius 2 is 0.508 bits per heavy atom. The number of hydrogen-bond acceptors (Lipinski definition) is 3. The average Bonchev–Trinajstić information content (AvgIpc) is 3.29. The number of amides is 1. The number of aliphatic hydroxyl groups is 2. The van der Waals surface area contributed by atoms with Gasteiger partial charge in [0.1, 0.15) is 0 Å². The fraction of sp³-hybridized carbons (Fsp3) is 0.983. The van der Waals surface area contributed by atoms with Crippen LogP contribution in [-0.2, 0) is 4.79 Å². The van der Waals surface area contributed by atoms with Gasteiger partial charge in [-0.2, -0.15) is 0 Å². The minimum atomic E-state index is -0.654. The van der Waals surface area contributed by atoms with Gasteiger partial charge in [0.2, 0.25) is 5.91 Å². The standard InChI is InChI=1S/C59H119NO3/c1-3-5-7-9-11-13-15-17-19-20-21-22-23-24-25-26-27-28-29-30-31-32-33-34-35-36-37-38-39-41-43-45-47-49-51-53-55-59(63)60-57(56-61)58(62)54-52-50-48-46-44-42-40-18-16-14-12-10-8-6-4-2/h57-58,61-62H,3-56H2,1-2H3,(H,60,63)/t57-,58+/m0/s1. The molecule has 4 nitrogen and oxygen atoms in total. The van der Waals surface area contributed by atoms with Crippen molar-refractivity contribution in [3.63, 3.8) is 0 Å². The van der Waals surface area contributed by atoms with Crippen LogP contribution in [0.15, 0.2) is 0 Å². The molecule has 1 amide bonds. The second kappa shape index (κ2) is 55.7. The van der Waals surface area contributed by atoms with Gasteiger partial charge in [-0.05, 0) is 12.8 Å². The number of carbonyl (C=O) groups excluding carboxylic acids is 1. The summed E-state index contributed by atoms with van der Waals surface area (Å²) in [5, 5.41) is 23.3. The van der Waals surface area contributed by atoms with Gasteiger partial charge in [-0.25, -0.2) is 0 Å². The lowest BCUT2D eigenvalue weighted by Gasteiger charge is -2.22. The van der Waals surface area contributed by atoms with E-state index in [0.717, 1.165) is 25.7 Å². The molecule has 0 unspecified atom stereocenters. The van der Waals surface area contributed by atoms with Gasteiger partial charge in [0, 0.05) is 6.42 Å². The van der Waals surface area contributed by atoms with Crippen molar-refractivity contribution < 1.29 is 15.0 Å². The van der Waals surface area contributed by atoms with Gasteiger partial charge in [0.05, 0.1) is 18.8 Å². The van der Waals surface area contributed by atoms with E-state index in [-0.39, 0.29) is 12.5 Å². The third kappa shape index (κ3) is 52.2. The van der Waals surface area contributed by atoms with E-state index in [1.807, 2.05) is 0 Å². The molecule has 0 rings (SSSR count). The van der Waals surface area contributed by atoms with Crippen molar-refractivity contribution in [3.8, 4) is 0 Å². The highest BCUT2D eigenvalue weighted by Gasteiger charge is 2.20. The van der Waals surface area contributed by atoms with Crippen molar-refractivity contribution in [2.75, 3.05) is 6.61 Å². The Morgan fingerprint density at radius 1 is 0.317 bits per heavy atom. The molecule has 4 heteroatoms. The lowest BCUT2D eigenvalue weighted by molar-refractivity contribution is -0.123. The summed E-state index contributed by atoms with van der Waals surface area (Å²) in [7, 11) is 0. The van der Waals surface area contributed by atoms with Crippen LogP contribution in [0.25, 0.3) is 0 Å². The largest absolute Gasteiger partial charge is 0.394 e. The number of rotatable bonds is 56. The van der Waals surface area contributed by atoms with E-state index in [1.54, 1.807) is 0 Å². The Labute approximate surface area is 397 Å². The Kier molecular flexibility index (Phi) is 55.2. The predicted molar refractivity (Wildman–Crippen MR) is 281 cm³/mol. The van der Waals surface area contributed by atoms with Crippen LogP contribution in [0.3, 0.4) is 0 Å². The maximum absolute atomic E-state index is 12.5. The molecule has 0 aliphatic heterocycles. The number of hydrogen-bond donors (Lipinski definition) is 3. The van der Waals surface area contributed by atoms with E-state index in [2.05, 4.69) is 19.2 Å². The highest BCUT2D eigenvalue weighted by atomic mass is 16.3. The molecule has 3 N–H and O–H groups in total. The molecule has 0 aromatic heterocycles. The lowest BCUT2D eigenvalue weighted by Crippen LogP contribution is -2.45. The first-order valence-electron chi connectivity index (χ1n) is 29.7. The molecule has 0 fully saturated rings. The van der Waals surface area contributed by atoms with E-state index in [4.69, 9.17) is 0 Å². The smallest absolute Gasteiger partial charge is 0.220 e. The molecular formula is C59H119NO3. The zero-order valence-corrected chi connectivity index (χ0v) is 43.6. The van der Waals surface area contributed by atoms with Crippen molar-refractivity contribution >= 4 is 5.91 Å². The number of carbonyl (C=O) groups is 1. The normalized spacial score (nSPS) is 12.6. The zero-order chi connectivity index (χ0) is 45.6. The number of nitrogens with one attached hydrogen (secondary N) is 1. The first kappa shape index (κ1) is 62.4. The molecule has 0 aromatic rings. The second-order valence-corrected chi connectivity index (χ2v) is 20.8. The molecule has 0 radical (unpaired) electrons. The molecule has 0 saturated carbocycles. The van der Waals surface area contributed by atoms with E-state index in [1.165, 1.54) is 302 Å². The summed E-state index contributed by atoms with van der Waals surface area (Å²) in [6, 6.07) is -0.530. The molecule has 0 aliphatic carbocycles. The summed E-state index contributed by atoms with van der Waals surface area (Å²) in [6.45, 7) is 4.40. The second-order valence-electron chi connectivity index (χ2n) is 20.8. The summed E-state index contributed by atoms with van der Waals surface area (Å²) >= 11 is 0. The Bertz CT molecular complexity index is 834. The van der Waals surface area contributed by atoms with Crippen LogP contribution in [0, 0.1) is 0 Å². The van der Waals surface area contributed by atoms with E-state index in [0.29, 0.717) is 12.8 Å². The highest BCUT2D eigenvalue weighted by Crippen LogP contribution is 2.19. The summed E-state index contributed by atoms with van der Waals surface area (Å²) < 4.78 is 0. The van der Waals surface area contributed by atoms with E-state index in [9.17, 15) is 15.0 Å². The van der Waals surface area contributed by atoms with E-state index >= 15 is 0 Å². The fourth-order valence-electron chi connectivity index (χ4n) is 9.84. The SMILES string of the molecule is CCCCCCCCCCCCCCCCCCCCCCCCCCCCCCCCCCCCCCC(=O)N[C@@H](CO)[C@H](O)CCCCCCCCCCCCCCCCC. The molecule has 2 atom stereocenters. The Balaban J connectivity index is 3.33. The molecular weight excluding hydrogens is 771 g/mol. The minimum absolute atomic E-state index is 0.0224. The van der Waals surface area contributed by atoms with Crippen LogP contribution in [0.2, 0.25) is 0 Å². The highest BCUT2D eigenvalue weighted by molar-refractivity contribution is 5.76. The summed E-state index contributed by atoms with van der Waals surface area (Å²) in [5.74, 6) is -0.0224. The topological polar surface area (TPSA) is 69.6 Å². The summed E-state index contributed by atoms with van der Waals surface area (Å²) in [4.78, 5) is 12.5. The van der Waals surface area contributed by atoms with Crippen LogP contribution >= 0.6 is 0 Å². The van der Waals surface area contributed by atoms with Crippen molar-refractivity contribution in [3.05, 3.63) is 0 Å². The van der Waals surface area contributed by atoms with Crippen LogP contribution < -0.4 is 5.32 Å². The minimum Gasteiger partial charge on any atom is -0.394 e. The molecule has 63 heavy (non-hydrogen) atoms.